The molecule has 2 aromatic carbocycles. The molecule has 1 saturated carbocycles. The lowest BCUT2D eigenvalue weighted by atomic mass is 10.1. The van der Waals surface area contributed by atoms with E-state index in [4.69, 9.17) is 0 Å². The van der Waals surface area contributed by atoms with Gasteiger partial charge in [0.1, 0.15) is 0 Å². The standard InChI is InChI=1S/C19H16F3NO2/c1-11(24)12-4-3-7-15(9-12)23-18(25)17-10-16(17)13-5-2-6-14(8-13)19(20,21)22/h2-9,16-17H,10H2,1H3,(H,23,25). The highest BCUT2D eigenvalue weighted by Gasteiger charge is 2.44. The Morgan fingerprint density at radius 3 is 2.48 bits per heavy atom. The molecule has 2 atom stereocenters. The summed E-state index contributed by atoms with van der Waals surface area (Å²) in [5, 5.41) is 2.73. The minimum atomic E-state index is -4.39. The van der Waals surface area contributed by atoms with E-state index in [2.05, 4.69) is 5.32 Å². The van der Waals surface area contributed by atoms with Gasteiger partial charge in [-0.15, -0.1) is 0 Å². The first-order valence-electron chi connectivity index (χ1n) is 7.85. The van der Waals surface area contributed by atoms with Crippen molar-refractivity contribution in [2.24, 2.45) is 5.92 Å². The normalized spacial score (nSPS) is 19.4. The van der Waals surface area contributed by atoms with Gasteiger partial charge in [-0.05, 0) is 43.0 Å². The second kappa shape index (κ2) is 6.35. The third-order valence-corrected chi connectivity index (χ3v) is 4.31. The highest BCUT2D eigenvalue weighted by molar-refractivity contribution is 5.98. The molecule has 3 nitrogen and oxygen atoms in total. The maximum Gasteiger partial charge on any atom is 0.416 e. The number of anilines is 1. The molecule has 0 aliphatic heterocycles. The molecule has 1 aliphatic rings. The van der Waals surface area contributed by atoms with E-state index >= 15 is 0 Å². The number of hydrogen-bond donors (Lipinski definition) is 1. The Morgan fingerprint density at radius 1 is 1.08 bits per heavy atom. The van der Waals surface area contributed by atoms with Crippen molar-refractivity contribution in [2.45, 2.75) is 25.4 Å². The van der Waals surface area contributed by atoms with E-state index in [1.54, 1.807) is 30.3 Å². The van der Waals surface area contributed by atoms with Crippen molar-refractivity contribution in [1.29, 1.82) is 0 Å². The maximum atomic E-state index is 12.8. The summed E-state index contributed by atoms with van der Waals surface area (Å²) in [5.41, 5.74) is 0.813. The van der Waals surface area contributed by atoms with Gasteiger partial charge in [0.15, 0.2) is 5.78 Å². The van der Waals surface area contributed by atoms with Crippen molar-refractivity contribution >= 4 is 17.4 Å². The van der Waals surface area contributed by atoms with Gasteiger partial charge >= 0.3 is 6.18 Å². The van der Waals surface area contributed by atoms with Gasteiger partial charge in [0.25, 0.3) is 0 Å². The molecule has 0 bridgehead atoms. The van der Waals surface area contributed by atoms with Crippen LogP contribution in [0.3, 0.4) is 0 Å². The first-order valence-corrected chi connectivity index (χ1v) is 7.85. The highest BCUT2D eigenvalue weighted by Crippen LogP contribution is 2.48. The summed E-state index contributed by atoms with van der Waals surface area (Å²) in [6.07, 6.45) is -3.88. The number of hydrogen-bond acceptors (Lipinski definition) is 2. The van der Waals surface area contributed by atoms with Crippen LogP contribution in [-0.4, -0.2) is 11.7 Å². The van der Waals surface area contributed by atoms with Gasteiger partial charge in [0.2, 0.25) is 5.91 Å². The molecule has 25 heavy (non-hydrogen) atoms. The summed E-state index contributed by atoms with van der Waals surface area (Å²) >= 11 is 0. The van der Waals surface area contributed by atoms with Crippen molar-refractivity contribution in [1.82, 2.24) is 0 Å². The molecule has 1 aliphatic carbocycles. The van der Waals surface area contributed by atoms with E-state index in [1.165, 1.54) is 13.0 Å². The lowest BCUT2D eigenvalue weighted by Gasteiger charge is -2.09. The Hall–Kier alpha value is -2.63. The number of halogens is 3. The average Bonchev–Trinajstić information content (AvgIpc) is 3.35. The Balaban J connectivity index is 1.68. The van der Waals surface area contributed by atoms with Crippen LogP contribution < -0.4 is 5.32 Å². The predicted molar refractivity (Wildman–Crippen MR) is 87.4 cm³/mol. The summed E-state index contributed by atoms with van der Waals surface area (Å²) in [6.45, 7) is 1.44. The zero-order valence-corrected chi connectivity index (χ0v) is 13.4. The number of carbonyl (C=O) groups excluding carboxylic acids is 2. The van der Waals surface area contributed by atoms with E-state index in [0.717, 1.165) is 12.1 Å². The maximum absolute atomic E-state index is 12.8. The summed E-state index contributed by atoms with van der Waals surface area (Å²) in [5.74, 6) is -0.921. The van der Waals surface area contributed by atoms with Crippen LogP contribution in [0.25, 0.3) is 0 Å². The molecular formula is C19H16F3NO2. The fourth-order valence-electron chi connectivity index (χ4n) is 2.85. The molecule has 1 amide bonds. The van der Waals surface area contributed by atoms with Crippen LogP contribution in [0.1, 0.15) is 40.7 Å². The average molecular weight is 347 g/mol. The first kappa shape index (κ1) is 17.2. The second-order valence-corrected chi connectivity index (χ2v) is 6.20. The monoisotopic (exact) mass is 347 g/mol. The minimum Gasteiger partial charge on any atom is -0.326 e. The van der Waals surface area contributed by atoms with Gasteiger partial charge in [-0.25, -0.2) is 0 Å². The third kappa shape index (κ3) is 3.90. The molecule has 2 unspecified atom stereocenters. The van der Waals surface area contributed by atoms with Gasteiger partial charge in [-0.2, -0.15) is 13.2 Å². The zero-order valence-electron chi connectivity index (χ0n) is 13.4. The van der Waals surface area contributed by atoms with Crippen molar-refractivity contribution in [2.75, 3.05) is 5.32 Å². The smallest absolute Gasteiger partial charge is 0.326 e. The van der Waals surface area contributed by atoms with E-state index in [0.29, 0.717) is 23.2 Å². The number of carbonyl (C=O) groups is 2. The summed E-state index contributed by atoms with van der Waals surface area (Å²) < 4.78 is 38.4. The van der Waals surface area contributed by atoms with Gasteiger partial charge in [0, 0.05) is 17.2 Å². The molecule has 0 saturated heterocycles. The number of rotatable bonds is 4. The minimum absolute atomic E-state index is 0.107. The van der Waals surface area contributed by atoms with Crippen LogP contribution in [0, 0.1) is 5.92 Å². The summed E-state index contributed by atoms with van der Waals surface area (Å²) in [4.78, 5) is 23.7. The lowest BCUT2D eigenvalue weighted by molar-refractivity contribution is -0.137. The van der Waals surface area contributed by atoms with Crippen LogP contribution in [0.15, 0.2) is 48.5 Å². The number of amides is 1. The third-order valence-electron chi connectivity index (χ3n) is 4.31. The van der Waals surface area contributed by atoms with E-state index in [-0.39, 0.29) is 23.5 Å². The van der Waals surface area contributed by atoms with Crippen molar-refractivity contribution in [3.05, 3.63) is 65.2 Å². The van der Waals surface area contributed by atoms with E-state index < -0.39 is 11.7 Å². The number of alkyl halides is 3. The van der Waals surface area contributed by atoms with Crippen LogP contribution >= 0.6 is 0 Å². The largest absolute Gasteiger partial charge is 0.416 e. The van der Waals surface area contributed by atoms with Gasteiger partial charge in [0.05, 0.1) is 5.56 Å². The summed E-state index contributed by atoms with van der Waals surface area (Å²) in [7, 11) is 0. The molecule has 130 valence electrons. The Bertz CT molecular complexity index is 829. The SMILES string of the molecule is CC(=O)c1cccc(NC(=O)C2CC2c2cccc(C(F)(F)F)c2)c1. The highest BCUT2D eigenvalue weighted by atomic mass is 19.4. The molecule has 6 heteroatoms. The molecular weight excluding hydrogens is 331 g/mol. The van der Waals surface area contributed by atoms with Crippen LogP contribution in [0.4, 0.5) is 18.9 Å². The molecule has 2 aromatic rings. The fourth-order valence-corrected chi connectivity index (χ4v) is 2.85. The second-order valence-electron chi connectivity index (χ2n) is 6.20. The van der Waals surface area contributed by atoms with Crippen molar-refractivity contribution in [3.63, 3.8) is 0 Å². The topological polar surface area (TPSA) is 46.2 Å². The number of Topliss-reactive ketones (excluding diaryl/α,β-unsaturated/α-hetero) is 1. The molecule has 0 aromatic heterocycles. The number of benzene rings is 2. The van der Waals surface area contributed by atoms with E-state index in [1.807, 2.05) is 0 Å². The Kier molecular flexibility index (Phi) is 4.37. The van der Waals surface area contributed by atoms with Crippen LogP contribution in [0.2, 0.25) is 0 Å². The quantitative estimate of drug-likeness (QED) is 0.819. The van der Waals surface area contributed by atoms with Crippen molar-refractivity contribution < 1.29 is 22.8 Å². The van der Waals surface area contributed by atoms with Gasteiger partial charge in [-0.1, -0.05) is 30.3 Å². The Morgan fingerprint density at radius 2 is 1.80 bits per heavy atom. The van der Waals surface area contributed by atoms with Crippen molar-refractivity contribution in [3.8, 4) is 0 Å². The van der Waals surface area contributed by atoms with Crippen LogP contribution in [-0.2, 0) is 11.0 Å². The first-order chi connectivity index (χ1) is 11.8. The molecule has 1 fully saturated rings. The molecule has 0 radical (unpaired) electrons. The summed E-state index contributed by atoms with van der Waals surface area (Å²) in [6, 6.07) is 11.7. The Labute approximate surface area is 142 Å². The van der Waals surface area contributed by atoms with Gasteiger partial charge < -0.3 is 5.32 Å². The number of ketones is 1. The molecule has 0 spiro atoms. The number of nitrogens with one attached hydrogen (secondary N) is 1. The lowest BCUT2D eigenvalue weighted by Crippen LogP contribution is -2.15. The predicted octanol–water partition coefficient (Wildman–Crippen LogP) is 4.65. The fraction of sp³-hybridized carbons (Fsp3) is 0.263. The van der Waals surface area contributed by atoms with Crippen LogP contribution in [0.5, 0.6) is 0 Å². The zero-order chi connectivity index (χ0) is 18.2. The van der Waals surface area contributed by atoms with E-state index in [9.17, 15) is 22.8 Å². The molecule has 3 rings (SSSR count). The molecule has 1 N–H and O–H groups in total. The van der Waals surface area contributed by atoms with Gasteiger partial charge in [-0.3, -0.25) is 9.59 Å². The molecule has 0 heterocycles.